The number of rotatable bonds is 1. The van der Waals surface area contributed by atoms with Crippen LogP contribution in [0.25, 0.3) is 0 Å². The molecule has 2 amide bonds. The van der Waals surface area contributed by atoms with Gasteiger partial charge in [-0.05, 0) is 13.8 Å². The lowest BCUT2D eigenvalue weighted by Gasteiger charge is -2.01. The van der Waals surface area contributed by atoms with Gasteiger partial charge in [-0.3, -0.25) is 14.5 Å². The first-order chi connectivity index (χ1) is 12.0. The lowest BCUT2D eigenvalue weighted by atomic mass is 10.6. The Kier molecular flexibility index (Phi) is 47.0. The van der Waals surface area contributed by atoms with Gasteiger partial charge in [-0.25, -0.2) is 8.42 Å². The van der Waals surface area contributed by atoms with Crippen LogP contribution in [-0.4, -0.2) is 44.2 Å². The molecule has 0 N–H and O–H groups in total. The third-order valence-corrected chi connectivity index (χ3v) is 1.94. The minimum absolute atomic E-state index is 0.167. The number of sulfone groups is 1. The molecule has 0 saturated heterocycles. The lowest BCUT2D eigenvalue weighted by Crippen LogP contribution is -2.24. The molecule has 0 saturated carbocycles. The summed E-state index contributed by atoms with van der Waals surface area (Å²) >= 11 is 0. The van der Waals surface area contributed by atoms with Crippen molar-refractivity contribution in [3.8, 4) is 0 Å². The van der Waals surface area contributed by atoms with Crippen LogP contribution in [0.15, 0.2) is 24.1 Å². The number of ketones is 1. The zero-order valence-corrected chi connectivity index (χ0v) is 19.7. The van der Waals surface area contributed by atoms with Crippen LogP contribution in [0, 0.1) is 0 Å². The predicted octanol–water partition coefficient (Wildman–Crippen LogP) is 4.42. The van der Waals surface area contributed by atoms with Crippen LogP contribution in [0.2, 0.25) is 0 Å². The Bertz CT molecular complexity index is 433. The summed E-state index contributed by atoms with van der Waals surface area (Å²) in [6.07, 6.45) is 3.60. The van der Waals surface area contributed by atoms with Crippen LogP contribution in [0.4, 0.5) is 0 Å². The second kappa shape index (κ2) is 31.1. The average molecular weight is 396 g/mol. The highest BCUT2D eigenvalue weighted by atomic mass is 32.2. The molecule has 0 aromatic heterocycles. The Balaban J connectivity index is -0.0000000499. The van der Waals surface area contributed by atoms with Gasteiger partial charge in [0, 0.05) is 30.9 Å². The number of likely N-dealkylation sites (N-methyl/N-ethyl adjacent to an activating group) is 1. The summed E-state index contributed by atoms with van der Waals surface area (Å²) in [4.78, 5) is 31.3. The molecule has 1 heterocycles. The molecule has 6 nitrogen and oxygen atoms in total. The highest BCUT2D eigenvalue weighted by Gasteiger charge is 2.17. The fourth-order valence-electron chi connectivity index (χ4n) is 0.475. The summed E-state index contributed by atoms with van der Waals surface area (Å²) < 4.78 is 19.8. The molecule has 26 heavy (non-hydrogen) atoms. The molecule has 1 aliphatic rings. The molecule has 7 heteroatoms. The van der Waals surface area contributed by atoms with Crippen LogP contribution >= 0.6 is 0 Å². The SMILES string of the molecule is C=CS(C)(=O)=O.CC.CC.CC.CC.CC(C)=O.CN1C(=O)C=CC1=O. The number of Topliss-reactive ketones (excluding diaryl/α,β-unsaturated/α-hetero) is 1. The van der Waals surface area contributed by atoms with Crippen LogP contribution in [-0.2, 0) is 24.2 Å². The number of carbonyl (C=O) groups is 3. The van der Waals surface area contributed by atoms with Crippen molar-refractivity contribution in [2.45, 2.75) is 69.2 Å². The average Bonchev–Trinajstić information content (AvgIpc) is 2.92. The van der Waals surface area contributed by atoms with Gasteiger partial charge in [0.05, 0.1) is 0 Å². The molecule has 1 rings (SSSR count). The molecule has 0 atom stereocenters. The summed E-state index contributed by atoms with van der Waals surface area (Å²) in [6, 6.07) is 0. The Morgan fingerprint density at radius 3 is 1.08 bits per heavy atom. The second-order valence-electron chi connectivity index (χ2n) is 3.47. The number of nitrogens with zero attached hydrogens (tertiary/aromatic N) is 1. The van der Waals surface area contributed by atoms with Crippen LogP contribution in [0.5, 0.6) is 0 Å². The number of imide groups is 1. The van der Waals surface area contributed by atoms with E-state index < -0.39 is 9.84 Å². The summed E-state index contributed by atoms with van der Waals surface area (Å²) in [6.45, 7) is 22.1. The molecule has 0 unspecified atom stereocenters. The molecule has 0 fully saturated rings. The maximum absolute atomic E-state index is 10.4. The van der Waals surface area contributed by atoms with Crippen LogP contribution < -0.4 is 0 Å². The fourth-order valence-corrected chi connectivity index (χ4v) is 0.475. The third-order valence-electron chi connectivity index (χ3n) is 1.33. The van der Waals surface area contributed by atoms with E-state index in [0.717, 1.165) is 16.6 Å². The van der Waals surface area contributed by atoms with Crippen molar-refractivity contribution in [2.24, 2.45) is 0 Å². The number of amides is 2. The van der Waals surface area contributed by atoms with Gasteiger partial charge in [-0.2, -0.15) is 0 Å². The second-order valence-corrected chi connectivity index (χ2v) is 5.47. The Morgan fingerprint density at radius 1 is 0.885 bits per heavy atom. The normalized spacial score (nSPS) is 10.1. The quantitative estimate of drug-likeness (QED) is 0.613. The van der Waals surface area contributed by atoms with Crippen molar-refractivity contribution in [3.63, 3.8) is 0 Å². The first-order valence-corrected chi connectivity index (χ1v) is 10.8. The Labute approximate surface area is 162 Å². The summed E-state index contributed by atoms with van der Waals surface area (Å²) in [5.41, 5.74) is 0. The van der Waals surface area contributed by atoms with Gasteiger partial charge < -0.3 is 4.79 Å². The van der Waals surface area contributed by atoms with Crippen molar-refractivity contribution in [1.82, 2.24) is 4.90 Å². The van der Waals surface area contributed by atoms with Crippen molar-refractivity contribution in [1.29, 1.82) is 0 Å². The summed E-state index contributed by atoms with van der Waals surface area (Å²) in [7, 11) is -1.45. The number of hydrogen-bond donors (Lipinski definition) is 0. The van der Waals surface area contributed by atoms with E-state index in [-0.39, 0.29) is 17.6 Å². The summed E-state index contributed by atoms with van der Waals surface area (Å²) in [5.74, 6) is -0.315. The van der Waals surface area contributed by atoms with Gasteiger partial charge in [0.25, 0.3) is 11.8 Å². The Morgan fingerprint density at radius 2 is 1.04 bits per heavy atom. The molecule has 158 valence electrons. The topological polar surface area (TPSA) is 88.6 Å². The van der Waals surface area contributed by atoms with E-state index in [0.29, 0.717) is 0 Å². The monoisotopic (exact) mass is 395 g/mol. The summed E-state index contributed by atoms with van der Waals surface area (Å²) in [5, 5.41) is 0.910. The van der Waals surface area contributed by atoms with E-state index in [4.69, 9.17) is 0 Å². The Hall–Kier alpha value is -1.76. The minimum Gasteiger partial charge on any atom is -0.300 e. The standard InChI is InChI=1S/C5H5NO2.C3H6O2S.C3H6O.4C2H6/c1-6-4(7)2-3-5(6)8;1-3-6(2,4)5;1-3(2)4;4*1-2/h2-3H,1H3;3H,1H2,2H3;1-2H3;4*1-2H3. The third kappa shape index (κ3) is 49.5. The van der Waals surface area contributed by atoms with Crippen molar-refractivity contribution < 1.29 is 22.8 Å². The fraction of sp³-hybridized carbons (Fsp3) is 0.632. The largest absolute Gasteiger partial charge is 0.300 e. The molecular formula is C19H41NO5S. The van der Waals surface area contributed by atoms with Gasteiger partial charge in [-0.1, -0.05) is 62.0 Å². The van der Waals surface area contributed by atoms with Gasteiger partial charge >= 0.3 is 0 Å². The van der Waals surface area contributed by atoms with Gasteiger partial charge in [0.1, 0.15) is 5.78 Å². The predicted molar refractivity (Wildman–Crippen MR) is 114 cm³/mol. The van der Waals surface area contributed by atoms with E-state index in [1.165, 1.54) is 33.0 Å². The van der Waals surface area contributed by atoms with Gasteiger partial charge in [0.2, 0.25) is 0 Å². The van der Waals surface area contributed by atoms with Crippen LogP contribution in [0.1, 0.15) is 69.2 Å². The van der Waals surface area contributed by atoms with Crippen molar-refractivity contribution in [2.75, 3.05) is 13.3 Å². The first kappa shape index (κ1) is 39.4. The van der Waals surface area contributed by atoms with E-state index in [9.17, 15) is 22.8 Å². The highest BCUT2D eigenvalue weighted by Crippen LogP contribution is 1.97. The minimum atomic E-state index is -2.90. The zero-order valence-electron chi connectivity index (χ0n) is 18.8. The van der Waals surface area contributed by atoms with E-state index in [1.807, 2.05) is 55.4 Å². The van der Waals surface area contributed by atoms with Gasteiger partial charge in [0.15, 0.2) is 9.84 Å². The maximum Gasteiger partial charge on any atom is 0.253 e. The van der Waals surface area contributed by atoms with Crippen molar-refractivity contribution in [3.05, 3.63) is 24.1 Å². The number of hydrogen-bond acceptors (Lipinski definition) is 5. The molecule has 0 radical (unpaired) electrons. The molecule has 0 aromatic rings. The zero-order chi connectivity index (χ0) is 22.9. The molecule has 0 spiro atoms. The molecule has 0 aromatic carbocycles. The maximum atomic E-state index is 10.4. The van der Waals surface area contributed by atoms with Crippen molar-refractivity contribution >= 4 is 27.4 Å². The van der Waals surface area contributed by atoms with E-state index in [1.54, 1.807) is 0 Å². The number of carbonyl (C=O) groups excluding carboxylic acids is 3. The molecular weight excluding hydrogens is 354 g/mol. The van der Waals surface area contributed by atoms with Gasteiger partial charge in [-0.15, -0.1) is 0 Å². The van der Waals surface area contributed by atoms with E-state index in [2.05, 4.69) is 6.58 Å². The smallest absolute Gasteiger partial charge is 0.253 e. The lowest BCUT2D eigenvalue weighted by molar-refractivity contribution is -0.135. The van der Waals surface area contributed by atoms with Crippen LogP contribution in [0.3, 0.4) is 0 Å². The van der Waals surface area contributed by atoms with E-state index >= 15 is 0 Å². The molecule has 1 aliphatic heterocycles. The highest BCUT2D eigenvalue weighted by molar-refractivity contribution is 7.93. The molecule has 0 bridgehead atoms. The first-order valence-electron chi connectivity index (χ1n) is 8.80. The molecule has 0 aliphatic carbocycles.